The van der Waals surface area contributed by atoms with Gasteiger partial charge < -0.3 is 10.2 Å². The molecule has 1 unspecified atom stereocenters. The Hall–Kier alpha value is -1.35. The van der Waals surface area contributed by atoms with Crippen molar-refractivity contribution >= 4 is 5.91 Å². The molecule has 1 fully saturated rings. The van der Waals surface area contributed by atoms with Crippen LogP contribution in [0.5, 0.6) is 0 Å². The summed E-state index contributed by atoms with van der Waals surface area (Å²) in [5, 5.41) is 3.40. The molecule has 2 rings (SSSR count). The number of rotatable bonds is 8. The SMILES string of the molecule is CCC(Cc1ccc(C)cc1)N(CC)C(=O)CCC1CCNCC1. The predicted molar refractivity (Wildman–Crippen MR) is 101 cm³/mol. The van der Waals surface area contributed by atoms with Crippen LogP contribution in [0.25, 0.3) is 0 Å². The molecule has 0 bridgehead atoms. The standard InChI is InChI=1S/C21H34N2O/c1-4-20(16-19-8-6-17(3)7-9-19)23(5-2)21(24)11-10-18-12-14-22-15-13-18/h6-9,18,20,22H,4-5,10-16H2,1-3H3. The van der Waals surface area contributed by atoms with E-state index < -0.39 is 0 Å². The number of amides is 1. The highest BCUT2D eigenvalue weighted by Crippen LogP contribution is 2.20. The summed E-state index contributed by atoms with van der Waals surface area (Å²) >= 11 is 0. The third-order valence-corrected chi connectivity index (χ3v) is 5.39. The van der Waals surface area contributed by atoms with Crippen molar-refractivity contribution < 1.29 is 4.79 Å². The molecule has 0 aromatic heterocycles. The van der Waals surface area contributed by atoms with Crippen molar-refractivity contribution in [3.05, 3.63) is 35.4 Å². The Morgan fingerprint density at radius 3 is 2.46 bits per heavy atom. The number of nitrogens with zero attached hydrogens (tertiary/aromatic N) is 1. The molecular formula is C21H34N2O. The van der Waals surface area contributed by atoms with Gasteiger partial charge in [-0.05, 0) is 70.5 Å². The van der Waals surface area contributed by atoms with E-state index in [-0.39, 0.29) is 0 Å². The van der Waals surface area contributed by atoms with Crippen LogP contribution >= 0.6 is 0 Å². The Bertz CT molecular complexity index is 491. The second-order valence-electron chi connectivity index (χ2n) is 7.16. The first-order chi connectivity index (χ1) is 11.6. The third-order valence-electron chi connectivity index (χ3n) is 5.39. The number of carbonyl (C=O) groups excluding carboxylic acids is 1. The first kappa shape index (κ1) is 19.0. The minimum Gasteiger partial charge on any atom is -0.340 e. The first-order valence-corrected chi connectivity index (χ1v) is 9.69. The maximum atomic E-state index is 12.8. The zero-order valence-corrected chi connectivity index (χ0v) is 15.7. The summed E-state index contributed by atoms with van der Waals surface area (Å²) < 4.78 is 0. The van der Waals surface area contributed by atoms with Gasteiger partial charge in [0.25, 0.3) is 0 Å². The predicted octanol–water partition coefficient (Wildman–Crippen LogP) is 3.94. The second kappa shape index (κ2) is 9.83. The van der Waals surface area contributed by atoms with E-state index in [2.05, 4.69) is 55.3 Å². The summed E-state index contributed by atoms with van der Waals surface area (Å²) in [6, 6.07) is 9.05. The molecule has 1 aromatic rings. The first-order valence-electron chi connectivity index (χ1n) is 9.69. The number of likely N-dealkylation sites (N-methyl/N-ethyl adjacent to an activating group) is 1. The maximum absolute atomic E-state index is 12.8. The van der Waals surface area contributed by atoms with Crippen LogP contribution in [0.3, 0.4) is 0 Å². The molecule has 0 aliphatic carbocycles. The monoisotopic (exact) mass is 330 g/mol. The average molecular weight is 331 g/mol. The lowest BCUT2D eigenvalue weighted by atomic mass is 9.92. The summed E-state index contributed by atoms with van der Waals surface area (Å²) in [5.41, 5.74) is 2.62. The number of nitrogens with one attached hydrogen (secondary N) is 1. The molecule has 1 amide bonds. The van der Waals surface area contributed by atoms with E-state index in [1.807, 2.05) is 0 Å². The molecule has 1 N–H and O–H groups in total. The van der Waals surface area contributed by atoms with Crippen LogP contribution in [0.2, 0.25) is 0 Å². The lowest BCUT2D eigenvalue weighted by molar-refractivity contribution is -0.133. The van der Waals surface area contributed by atoms with Gasteiger partial charge in [0.05, 0.1) is 0 Å². The fourth-order valence-electron chi connectivity index (χ4n) is 3.75. The van der Waals surface area contributed by atoms with Crippen molar-refractivity contribution in [1.82, 2.24) is 10.2 Å². The van der Waals surface area contributed by atoms with Crippen LogP contribution in [0, 0.1) is 12.8 Å². The molecule has 1 aliphatic heterocycles. The molecule has 1 saturated heterocycles. The van der Waals surface area contributed by atoms with Crippen LogP contribution in [-0.2, 0) is 11.2 Å². The molecule has 1 heterocycles. The van der Waals surface area contributed by atoms with Gasteiger partial charge in [0, 0.05) is 19.0 Å². The minimum absolute atomic E-state index is 0.318. The van der Waals surface area contributed by atoms with Crippen molar-refractivity contribution in [2.24, 2.45) is 5.92 Å². The highest BCUT2D eigenvalue weighted by Gasteiger charge is 2.22. The number of piperidine rings is 1. The van der Waals surface area contributed by atoms with Gasteiger partial charge in [-0.1, -0.05) is 36.8 Å². The Balaban J connectivity index is 1.90. The summed E-state index contributed by atoms with van der Waals surface area (Å²) in [7, 11) is 0. The fourth-order valence-corrected chi connectivity index (χ4v) is 3.75. The van der Waals surface area contributed by atoms with Gasteiger partial charge in [0.2, 0.25) is 5.91 Å². The van der Waals surface area contributed by atoms with E-state index >= 15 is 0 Å². The molecule has 134 valence electrons. The van der Waals surface area contributed by atoms with E-state index in [4.69, 9.17) is 0 Å². The number of benzene rings is 1. The topological polar surface area (TPSA) is 32.3 Å². The van der Waals surface area contributed by atoms with Gasteiger partial charge in [-0.2, -0.15) is 0 Å². The molecule has 0 spiro atoms. The van der Waals surface area contributed by atoms with Crippen LogP contribution < -0.4 is 5.32 Å². The molecular weight excluding hydrogens is 296 g/mol. The Morgan fingerprint density at radius 1 is 1.21 bits per heavy atom. The maximum Gasteiger partial charge on any atom is 0.222 e. The van der Waals surface area contributed by atoms with Crippen molar-refractivity contribution in [2.45, 2.75) is 65.3 Å². The van der Waals surface area contributed by atoms with E-state index in [0.717, 1.165) is 44.8 Å². The molecule has 0 saturated carbocycles. The van der Waals surface area contributed by atoms with Crippen LogP contribution in [0.4, 0.5) is 0 Å². The summed E-state index contributed by atoms with van der Waals surface area (Å²) in [6.45, 7) is 9.46. The van der Waals surface area contributed by atoms with Gasteiger partial charge in [-0.25, -0.2) is 0 Å². The van der Waals surface area contributed by atoms with E-state index in [0.29, 0.717) is 18.4 Å². The van der Waals surface area contributed by atoms with Crippen molar-refractivity contribution in [2.75, 3.05) is 19.6 Å². The number of hydrogen-bond acceptors (Lipinski definition) is 2. The van der Waals surface area contributed by atoms with Gasteiger partial charge >= 0.3 is 0 Å². The van der Waals surface area contributed by atoms with Gasteiger partial charge in [0.15, 0.2) is 0 Å². The van der Waals surface area contributed by atoms with Crippen molar-refractivity contribution in [3.63, 3.8) is 0 Å². The normalized spacial score (nSPS) is 16.8. The molecule has 3 heteroatoms. The summed E-state index contributed by atoms with van der Waals surface area (Å²) in [4.78, 5) is 14.9. The van der Waals surface area contributed by atoms with Crippen LogP contribution in [0.15, 0.2) is 24.3 Å². The van der Waals surface area contributed by atoms with E-state index in [9.17, 15) is 4.79 Å². The molecule has 1 aliphatic rings. The lowest BCUT2D eigenvalue weighted by Gasteiger charge is -2.31. The smallest absolute Gasteiger partial charge is 0.222 e. The second-order valence-corrected chi connectivity index (χ2v) is 7.16. The van der Waals surface area contributed by atoms with Crippen LogP contribution in [0.1, 0.15) is 57.1 Å². The fraction of sp³-hybridized carbons (Fsp3) is 0.667. The largest absolute Gasteiger partial charge is 0.340 e. The van der Waals surface area contributed by atoms with E-state index in [1.165, 1.54) is 24.0 Å². The zero-order valence-electron chi connectivity index (χ0n) is 15.7. The van der Waals surface area contributed by atoms with Gasteiger partial charge in [-0.15, -0.1) is 0 Å². The van der Waals surface area contributed by atoms with Gasteiger partial charge in [-0.3, -0.25) is 4.79 Å². The number of hydrogen-bond donors (Lipinski definition) is 1. The Kier molecular flexibility index (Phi) is 7.77. The quantitative estimate of drug-likeness (QED) is 0.783. The molecule has 3 nitrogen and oxygen atoms in total. The van der Waals surface area contributed by atoms with Crippen molar-refractivity contribution in [1.29, 1.82) is 0 Å². The van der Waals surface area contributed by atoms with Gasteiger partial charge in [0.1, 0.15) is 0 Å². The Labute approximate surface area is 147 Å². The minimum atomic E-state index is 0.318. The Morgan fingerprint density at radius 2 is 1.88 bits per heavy atom. The summed E-state index contributed by atoms with van der Waals surface area (Å²) in [5.74, 6) is 1.07. The molecule has 1 aromatic carbocycles. The molecule has 0 radical (unpaired) electrons. The molecule has 24 heavy (non-hydrogen) atoms. The highest BCUT2D eigenvalue weighted by molar-refractivity contribution is 5.76. The highest BCUT2D eigenvalue weighted by atomic mass is 16.2. The zero-order chi connectivity index (χ0) is 17.4. The van der Waals surface area contributed by atoms with Crippen molar-refractivity contribution in [3.8, 4) is 0 Å². The lowest BCUT2D eigenvalue weighted by Crippen LogP contribution is -2.41. The average Bonchev–Trinajstić information content (AvgIpc) is 2.62. The van der Waals surface area contributed by atoms with E-state index in [1.54, 1.807) is 0 Å². The third kappa shape index (κ3) is 5.62. The van der Waals surface area contributed by atoms with Crippen LogP contribution in [-0.4, -0.2) is 36.5 Å². The number of carbonyl (C=O) groups is 1. The summed E-state index contributed by atoms with van der Waals surface area (Å²) in [6.07, 6.45) is 6.19. The molecule has 1 atom stereocenters. The number of aryl methyl sites for hydroxylation is 1.